The second-order valence-electron chi connectivity index (χ2n) is 6.51. The van der Waals surface area contributed by atoms with Crippen LogP contribution in [0, 0.1) is 24.0 Å². The Morgan fingerprint density at radius 1 is 1.21 bits per heavy atom. The standard InChI is InChI=1S/C20H21N5O3S/c1-13-9-14(2)24(23-13)12-15-5-4-6-16(10-15)21-20(29)22-18-8-7-17(25(26)27)11-19(18)28-3/h4-11H,12H2,1-3H3,(H2,21,22,29). The van der Waals surface area contributed by atoms with Crippen molar-refractivity contribution in [3.05, 3.63) is 75.6 Å². The number of nitro benzene ring substituents is 1. The van der Waals surface area contributed by atoms with Crippen molar-refractivity contribution in [2.24, 2.45) is 0 Å². The van der Waals surface area contributed by atoms with Gasteiger partial charge in [0.1, 0.15) is 5.75 Å². The molecule has 9 heteroatoms. The molecular weight excluding hydrogens is 390 g/mol. The number of nitro groups is 1. The largest absolute Gasteiger partial charge is 0.494 e. The third-order valence-corrected chi connectivity index (χ3v) is 4.47. The fourth-order valence-electron chi connectivity index (χ4n) is 2.94. The van der Waals surface area contributed by atoms with Crippen LogP contribution in [0.25, 0.3) is 0 Å². The lowest BCUT2D eigenvalue weighted by molar-refractivity contribution is -0.384. The third kappa shape index (κ3) is 5.08. The van der Waals surface area contributed by atoms with Crippen LogP contribution in [0.15, 0.2) is 48.5 Å². The Kier molecular flexibility index (Phi) is 6.08. The molecule has 1 aromatic heterocycles. The second-order valence-corrected chi connectivity index (χ2v) is 6.91. The number of aryl methyl sites for hydroxylation is 2. The summed E-state index contributed by atoms with van der Waals surface area (Å²) in [6, 6.07) is 14.2. The molecular formula is C20H21N5O3S. The number of rotatable bonds is 6. The third-order valence-electron chi connectivity index (χ3n) is 4.26. The summed E-state index contributed by atoms with van der Waals surface area (Å²) in [5, 5.41) is 21.9. The van der Waals surface area contributed by atoms with Crippen LogP contribution in [-0.4, -0.2) is 26.9 Å². The molecule has 0 fully saturated rings. The van der Waals surface area contributed by atoms with Gasteiger partial charge in [-0.25, -0.2) is 0 Å². The van der Waals surface area contributed by atoms with Crippen LogP contribution in [0.5, 0.6) is 5.75 Å². The molecule has 0 unspecified atom stereocenters. The van der Waals surface area contributed by atoms with Crippen molar-refractivity contribution in [3.63, 3.8) is 0 Å². The van der Waals surface area contributed by atoms with Gasteiger partial charge < -0.3 is 15.4 Å². The molecule has 0 saturated heterocycles. The monoisotopic (exact) mass is 411 g/mol. The summed E-state index contributed by atoms with van der Waals surface area (Å²) < 4.78 is 7.17. The van der Waals surface area contributed by atoms with E-state index in [1.54, 1.807) is 6.07 Å². The van der Waals surface area contributed by atoms with E-state index in [0.29, 0.717) is 23.1 Å². The Labute approximate surface area is 173 Å². The van der Waals surface area contributed by atoms with E-state index in [9.17, 15) is 10.1 Å². The summed E-state index contributed by atoms with van der Waals surface area (Å²) in [4.78, 5) is 10.4. The maximum Gasteiger partial charge on any atom is 0.273 e. The average Bonchev–Trinajstić information content (AvgIpc) is 2.98. The van der Waals surface area contributed by atoms with Gasteiger partial charge in [-0.3, -0.25) is 14.8 Å². The van der Waals surface area contributed by atoms with Gasteiger partial charge in [0.05, 0.1) is 36.0 Å². The molecule has 0 aliphatic heterocycles. The summed E-state index contributed by atoms with van der Waals surface area (Å²) in [6.07, 6.45) is 0. The van der Waals surface area contributed by atoms with E-state index in [2.05, 4.69) is 15.7 Å². The summed E-state index contributed by atoms with van der Waals surface area (Å²) in [5.74, 6) is 0.335. The van der Waals surface area contributed by atoms with E-state index in [0.717, 1.165) is 22.6 Å². The Bertz CT molecular complexity index is 1060. The first-order chi connectivity index (χ1) is 13.9. The highest BCUT2D eigenvalue weighted by Crippen LogP contribution is 2.29. The molecule has 0 aliphatic carbocycles. The maximum absolute atomic E-state index is 10.9. The Hall–Kier alpha value is -3.46. The molecule has 3 aromatic rings. The van der Waals surface area contributed by atoms with E-state index < -0.39 is 4.92 Å². The van der Waals surface area contributed by atoms with Gasteiger partial charge in [0.2, 0.25) is 0 Å². The van der Waals surface area contributed by atoms with Gasteiger partial charge >= 0.3 is 0 Å². The first kappa shape index (κ1) is 20.3. The van der Waals surface area contributed by atoms with Crippen LogP contribution in [0.1, 0.15) is 17.0 Å². The number of ether oxygens (including phenoxy) is 1. The molecule has 29 heavy (non-hydrogen) atoms. The Morgan fingerprint density at radius 3 is 2.66 bits per heavy atom. The molecule has 2 N–H and O–H groups in total. The molecule has 0 amide bonds. The molecule has 0 atom stereocenters. The fraction of sp³-hybridized carbons (Fsp3) is 0.200. The molecule has 0 bridgehead atoms. The van der Waals surface area contributed by atoms with Crippen molar-refractivity contribution in [1.29, 1.82) is 0 Å². The van der Waals surface area contributed by atoms with Crippen molar-refractivity contribution in [1.82, 2.24) is 9.78 Å². The fourth-order valence-corrected chi connectivity index (χ4v) is 3.16. The van der Waals surface area contributed by atoms with Crippen molar-refractivity contribution in [3.8, 4) is 5.75 Å². The molecule has 0 radical (unpaired) electrons. The first-order valence-electron chi connectivity index (χ1n) is 8.86. The number of hydrogen-bond acceptors (Lipinski definition) is 5. The van der Waals surface area contributed by atoms with Gasteiger partial charge in [-0.2, -0.15) is 5.10 Å². The number of methoxy groups -OCH3 is 1. The molecule has 150 valence electrons. The highest BCUT2D eigenvalue weighted by molar-refractivity contribution is 7.80. The van der Waals surface area contributed by atoms with Crippen molar-refractivity contribution in [2.45, 2.75) is 20.4 Å². The van der Waals surface area contributed by atoms with Crippen LogP contribution in [0.2, 0.25) is 0 Å². The summed E-state index contributed by atoms with van der Waals surface area (Å²) >= 11 is 5.38. The topological polar surface area (TPSA) is 94.3 Å². The number of aromatic nitrogens is 2. The molecule has 8 nitrogen and oxygen atoms in total. The van der Waals surface area contributed by atoms with Crippen LogP contribution < -0.4 is 15.4 Å². The van der Waals surface area contributed by atoms with Gasteiger partial charge in [-0.1, -0.05) is 12.1 Å². The SMILES string of the molecule is COc1cc([N+](=O)[O-])ccc1NC(=S)Nc1cccc(Cn2nc(C)cc2C)c1. The first-order valence-corrected chi connectivity index (χ1v) is 9.27. The zero-order valence-corrected chi connectivity index (χ0v) is 17.1. The van der Waals surface area contributed by atoms with Gasteiger partial charge in [-0.15, -0.1) is 0 Å². The predicted octanol–water partition coefficient (Wildman–Crippen LogP) is 4.27. The number of benzene rings is 2. The van der Waals surface area contributed by atoms with Crippen LogP contribution in [0.4, 0.5) is 17.1 Å². The molecule has 1 heterocycles. The number of hydrogen-bond donors (Lipinski definition) is 2. The van der Waals surface area contributed by atoms with E-state index in [1.807, 2.05) is 48.9 Å². The van der Waals surface area contributed by atoms with Gasteiger partial charge in [-0.05, 0) is 55.9 Å². The number of anilines is 2. The summed E-state index contributed by atoms with van der Waals surface area (Å²) in [5.41, 5.74) is 4.47. The zero-order valence-electron chi connectivity index (χ0n) is 16.3. The summed E-state index contributed by atoms with van der Waals surface area (Å²) in [7, 11) is 1.45. The molecule has 2 aromatic carbocycles. The Balaban J connectivity index is 1.70. The van der Waals surface area contributed by atoms with Gasteiger partial charge in [0.15, 0.2) is 5.11 Å². The maximum atomic E-state index is 10.9. The minimum atomic E-state index is -0.475. The van der Waals surface area contributed by atoms with E-state index in [4.69, 9.17) is 17.0 Å². The van der Waals surface area contributed by atoms with Crippen LogP contribution in [-0.2, 0) is 6.54 Å². The van der Waals surface area contributed by atoms with Gasteiger partial charge in [0, 0.05) is 17.4 Å². The highest BCUT2D eigenvalue weighted by Gasteiger charge is 2.12. The number of nitrogens with one attached hydrogen (secondary N) is 2. The zero-order chi connectivity index (χ0) is 21.0. The lowest BCUT2D eigenvalue weighted by Crippen LogP contribution is -2.19. The smallest absolute Gasteiger partial charge is 0.273 e. The van der Waals surface area contributed by atoms with E-state index >= 15 is 0 Å². The quantitative estimate of drug-likeness (QED) is 0.355. The normalized spacial score (nSPS) is 10.4. The molecule has 0 aliphatic rings. The minimum Gasteiger partial charge on any atom is -0.494 e. The molecule has 3 rings (SSSR count). The lowest BCUT2D eigenvalue weighted by atomic mass is 10.2. The van der Waals surface area contributed by atoms with E-state index in [-0.39, 0.29) is 5.69 Å². The van der Waals surface area contributed by atoms with E-state index in [1.165, 1.54) is 19.2 Å². The van der Waals surface area contributed by atoms with Crippen LogP contribution >= 0.6 is 12.2 Å². The van der Waals surface area contributed by atoms with Crippen molar-refractivity contribution < 1.29 is 9.66 Å². The Morgan fingerprint density at radius 2 is 2.00 bits per heavy atom. The average molecular weight is 411 g/mol. The number of non-ortho nitro benzene ring substituents is 1. The predicted molar refractivity (Wildman–Crippen MR) is 117 cm³/mol. The van der Waals surface area contributed by atoms with Crippen molar-refractivity contribution in [2.75, 3.05) is 17.7 Å². The lowest BCUT2D eigenvalue weighted by Gasteiger charge is -2.14. The minimum absolute atomic E-state index is 0.0527. The second kappa shape index (κ2) is 8.70. The number of nitrogens with zero attached hydrogens (tertiary/aromatic N) is 3. The summed E-state index contributed by atoms with van der Waals surface area (Å²) in [6.45, 7) is 4.66. The molecule has 0 spiro atoms. The number of thiocarbonyl (C=S) groups is 1. The van der Waals surface area contributed by atoms with Gasteiger partial charge in [0.25, 0.3) is 5.69 Å². The highest BCUT2D eigenvalue weighted by atomic mass is 32.1. The molecule has 0 saturated carbocycles. The van der Waals surface area contributed by atoms with Crippen molar-refractivity contribution >= 4 is 34.4 Å². The van der Waals surface area contributed by atoms with Crippen LogP contribution in [0.3, 0.4) is 0 Å².